The van der Waals surface area contributed by atoms with E-state index < -0.39 is 5.37 Å². The van der Waals surface area contributed by atoms with Crippen LogP contribution in [0, 0.1) is 24.3 Å². The minimum atomic E-state index is -0.673. The number of carbonyl (C=O) groups excluding carboxylic acids is 1. The summed E-state index contributed by atoms with van der Waals surface area (Å²) >= 11 is 4.90. The van der Waals surface area contributed by atoms with Crippen molar-refractivity contribution < 1.29 is 4.79 Å². The van der Waals surface area contributed by atoms with Crippen LogP contribution in [0.1, 0.15) is 12.8 Å². The van der Waals surface area contributed by atoms with Gasteiger partial charge in [0.25, 0.3) is 0 Å². The quantitative estimate of drug-likeness (QED) is 0.200. The molecule has 0 spiro atoms. The van der Waals surface area contributed by atoms with Crippen molar-refractivity contribution in [3.63, 3.8) is 0 Å². The molecule has 0 aromatic heterocycles. The Morgan fingerprint density at radius 3 is 2.80 bits per heavy atom. The van der Waals surface area contributed by atoms with Crippen LogP contribution in [0.4, 0.5) is 4.79 Å². The molecule has 0 radical (unpaired) electrons. The lowest BCUT2D eigenvalue weighted by molar-refractivity contribution is 0.263. The van der Waals surface area contributed by atoms with E-state index >= 15 is 0 Å². The lowest BCUT2D eigenvalue weighted by Crippen LogP contribution is -2.07. The predicted molar refractivity (Wildman–Crippen MR) is 40.2 cm³/mol. The molecule has 3 heteroatoms. The fourth-order valence-electron chi connectivity index (χ4n) is 0.291. The summed E-state index contributed by atoms with van der Waals surface area (Å²) in [5.41, 5.74) is 0. The van der Waals surface area contributed by atoms with Crippen LogP contribution in [0.2, 0.25) is 0 Å². The molecule has 0 aromatic carbocycles. The van der Waals surface area contributed by atoms with E-state index in [0.29, 0.717) is 12.8 Å². The van der Waals surface area contributed by atoms with Crippen LogP contribution in [0.15, 0.2) is 0 Å². The third kappa shape index (κ3) is 6.88. The molecule has 0 aliphatic rings. The fourth-order valence-corrected chi connectivity index (χ4v) is 0.338. The zero-order chi connectivity index (χ0) is 7.82. The first-order chi connectivity index (χ1) is 4.77. The largest absolute Gasteiger partial charge is 0.325 e. The third-order valence-corrected chi connectivity index (χ3v) is 0.738. The van der Waals surface area contributed by atoms with Crippen molar-refractivity contribution in [1.82, 2.24) is 5.32 Å². The summed E-state index contributed by atoms with van der Waals surface area (Å²) in [6.45, 7) is 0. The second-order valence-corrected chi connectivity index (χ2v) is 1.75. The Kier molecular flexibility index (Phi) is 5.33. The highest BCUT2D eigenvalue weighted by atomic mass is 35.5. The number of amides is 1. The molecule has 0 unspecified atom stereocenters. The monoisotopic (exact) mass is 155 g/mol. The second kappa shape index (κ2) is 6.01. The van der Waals surface area contributed by atoms with Crippen LogP contribution in [-0.4, -0.2) is 5.37 Å². The summed E-state index contributed by atoms with van der Waals surface area (Å²) in [5.74, 6) is 5.02. The molecule has 0 aliphatic heterocycles. The third-order valence-electron chi connectivity index (χ3n) is 0.644. The number of nitrogens with one attached hydrogen (secondary N) is 1. The van der Waals surface area contributed by atoms with E-state index in [9.17, 15) is 4.79 Å². The zero-order valence-corrected chi connectivity index (χ0v) is 6.03. The Bertz CT molecular complexity index is 206. The van der Waals surface area contributed by atoms with Crippen LogP contribution in [0.3, 0.4) is 0 Å². The van der Waals surface area contributed by atoms with E-state index in [4.69, 9.17) is 18.0 Å². The first-order valence-corrected chi connectivity index (χ1v) is 3.02. The molecule has 0 saturated heterocycles. The van der Waals surface area contributed by atoms with Gasteiger partial charge in [0.05, 0.1) is 0 Å². The smallest absolute Gasteiger partial charge is 0.271 e. The van der Waals surface area contributed by atoms with Crippen molar-refractivity contribution >= 4 is 17.0 Å². The van der Waals surface area contributed by atoms with Gasteiger partial charge in [0.1, 0.15) is 0 Å². The first-order valence-electron chi connectivity index (χ1n) is 2.64. The van der Waals surface area contributed by atoms with Crippen LogP contribution < -0.4 is 5.32 Å². The topological polar surface area (TPSA) is 29.1 Å². The van der Waals surface area contributed by atoms with Gasteiger partial charge in [-0.3, -0.25) is 10.1 Å². The predicted octanol–water partition coefficient (Wildman–Crippen LogP) is 1.31. The molecule has 0 aromatic rings. The highest BCUT2D eigenvalue weighted by Gasteiger charge is 1.83. The van der Waals surface area contributed by atoms with Crippen molar-refractivity contribution in [2.75, 3.05) is 0 Å². The van der Waals surface area contributed by atoms with Gasteiger partial charge in [-0.2, -0.15) is 0 Å². The van der Waals surface area contributed by atoms with E-state index in [0.717, 1.165) is 0 Å². The van der Waals surface area contributed by atoms with Crippen molar-refractivity contribution in [2.24, 2.45) is 0 Å². The van der Waals surface area contributed by atoms with Gasteiger partial charge in [-0.25, -0.2) is 0 Å². The lowest BCUT2D eigenvalue weighted by atomic mass is 10.3. The maximum atomic E-state index is 9.99. The first kappa shape index (κ1) is 8.88. The highest BCUT2D eigenvalue weighted by molar-refractivity contribution is 6.63. The van der Waals surface area contributed by atoms with Crippen molar-refractivity contribution in [2.45, 2.75) is 12.8 Å². The van der Waals surface area contributed by atoms with Crippen molar-refractivity contribution in [1.29, 1.82) is 0 Å². The standard InChI is InChI=1S/C7H6ClNO/c1-2-3-4-5-6-9-7(8)10/h1H,3-4H2,(H,9,10). The van der Waals surface area contributed by atoms with E-state index in [-0.39, 0.29) is 0 Å². The molecule has 0 fully saturated rings. The molecular formula is C7H6ClNO. The average Bonchev–Trinajstić information content (AvgIpc) is 1.87. The molecule has 0 heterocycles. The summed E-state index contributed by atoms with van der Waals surface area (Å²) in [7, 11) is 0. The lowest BCUT2D eigenvalue weighted by Gasteiger charge is -1.81. The molecule has 0 rings (SSSR count). The molecule has 0 bridgehead atoms. The van der Waals surface area contributed by atoms with Crippen LogP contribution >= 0.6 is 11.6 Å². The SMILES string of the molecule is C#CCCC#CNC(=O)Cl. The fraction of sp³-hybridized carbons (Fsp3) is 0.286. The van der Waals surface area contributed by atoms with Gasteiger partial charge < -0.3 is 0 Å². The zero-order valence-electron chi connectivity index (χ0n) is 5.28. The summed E-state index contributed by atoms with van der Waals surface area (Å²) < 4.78 is 0. The Morgan fingerprint density at radius 2 is 2.30 bits per heavy atom. The number of rotatable bonds is 1. The number of terminal acetylenes is 1. The van der Waals surface area contributed by atoms with Gasteiger partial charge in [0.15, 0.2) is 0 Å². The molecule has 52 valence electrons. The Labute approximate surface area is 64.9 Å². The van der Waals surface area contributed by atoms with Gasteiger partial charge in [-0.1, -0.05) is 5.92 Å². The minimum Gasteiger partial charge on any atom is -0.271 e. The van der Waals surface area contributed by atoms with Crippen molar-refractivity contribution in [3.05, 3.63) is 0 Å². The molecular weight excluding hydrogens is 150 g/mol. The molecule has 0 atom stereocenters. The van der Waals surface area contributed by atoms with Gasteiger partial charge in [0, 0.05) is 18.9 Å². The molecule has 2 nitrogen and oxygen atoms in total. The summed E-state index contributed by atoms with van der Waals surface area (Å²) in [6, 6.07) is 2.34. The number of hydrogen-bond acceptors (Lipinski definition) is 1. The number of halogens is 1. The van der Waals surface area contributed by atoms with E-state index in [1.54, 1.807) is 0 Å². The number of hydrogen-bond donors (Lipinski definition) is 1. The number of unbranched alkanes of at least 4 members (excludes halogenated alkanes) is 1. The molecule has 10 heavy (non-hydrogen) atoms. The van der Waals surface area contributed by atoms with Gasteiger partial charge in [0.2, 0.25) is 0 Å². The van der Waals surface area contributed by atoms with Crippen LogP contribution in [-0.2, 0) is 0 Å². The second-order valence-electron chi connectivity index (χ2n) is 1.40. The van der Waals surface area contributed by atoms with Crippen LogP contribution in [0.5, 0.6) is 0 Å². The highest BCUT2D eigenvalue weighted by Crippen LogP contribution is 1.80. The molecule has 1 N–H and O–H groups in total. The summed E-state index contributed by atoms with van der Waals surface area (Å²) in [5, 5.41) is 1.43. The van der Waals surface area contributed by atoms with Gasteiger partial charge in [-0.15, -0.1) is 12.3 Å². The van der Waals surface area contributed by atoms with Crippen molar-refractivity contribution in [3.8, 4) is 24.3 Å². The van der Waals surface area contributed by atoms with Gasteiger partial charge in [-0.05, 0) is 11.6 Å². The maximum Gasteiger partial charge on any atom is 0.325 e. The molecule has 1 amide bonds. The van der Waals surface area contributed by atoms with E-state index in [2.05, 4.69) is 23.2 Å². The number of carbonyl (C=O) groups is 1. The Morgan fingerprint density at radius 1 is 1.60 bits per heavy atom. The minimum absolute atomic E-state index is 0.577. The van der Waals surface area contributed by atoms with E-state index in [1.165, 1.54) is 0 Å². The molecule has 0 aliphatic carbocycles. The average molecular weight is 156 g/mol. The maximum absolute atomic E-state index is 9.99. The van der Waals surface area contributed by atoms with E-state index in [1.807, 2.05) is 0 Å². The van der Waals surface area contributed by atoms with Gasteiger partial charge >= 0.3 is 5.37 Å². The Hall–Kier alpha value is -1.12. The van der Waals surface area contributed by atoms with Crippen LogP contribution in [0.25, 0.3) is 0 Å². The molecule has 0 saturated carbocycles. The summed E-state index contributed by atoms with van der Waals surface area (Å²) in [4.78, 5) is 9.99. The normalized spacial score (nSPS) is 6.80. The summed E-state index contributed by atoms with van der Waals surface area (Å²) in [6.07, 6.45) is 6.10. The Balaban J connectivity index is 3.34.